The summed E-state index contributed by atoms with van der Waals surface area (Å²) < 4.78 is 5.94. The van der Waals surface area contributed by atoms with Crippen LogP contribution in [0.2, 0.25) is 0 Å². The molecule has 0 radical (unpaired) electrons. The second-order valence-corrected chi connectivity index (χ2v) is 7.14. The first-order valence-electron chi connectivity index (χ1n) is 9.22. The van der Waals surface area contributed by atoms with Crippen molar-refractivity contribution in [3.05, 3.63) is 35.9 Å². The molecule has 1 saturated carbocycles. The van der Waals surface area contributed by atoms with Crippen molar-refractivity contribution < 1.29 is 9.53 Å². The first kappa shape index (κ1) is 16.5. The number of carbonyl (C=O) groups excluding carboxylic acids is 1. The lowest BCUT2D eigenvalue weighted by Gasteiger charge is -2.50. The van der Waals surface area contributed by atoms with E-state index in [-0.39, 0.29) is 12.1 Å². The van der Waals surface area contributed by atoms with E-state index in [0.29, 0.717) is 23.6 Å². The Morgan fingerprint density at radius 2 is 1.96 bits per heavy atom. The largest absolute Gasteiger partial charge is 0.458 e. The standard InChI is InChI=1S/C20H29NO2/c1-3-14-21-15(2)12-13-17-18(21)10-7-11-19(17)23-20(22)16-8-5-4-6-9-16/h4-6,8-9,15,17-19H,3,7,10-14H2,1-2H3/t15-,17+,18?,19?/m1/s1. The molecule has 1 aromatic carbocycles. The zero-order chi connectivity index (χ0) is 16.2. The maximum Gasteiger partial charge on any atom is 0.338 e. The van der Waals surface area contributed by atoms with Crippen molar-refractivity contribution in [2.75, 3.05) is 6.54 Å². The van der Waals surface area contributed by atoms with Crippen molar-refractivity contribution in [1.82, 2.24) is 4.90 Å². The molecule has 0 bridgehead atoms. The average molecular weight is 315 g/mol. The molecule has 2 fully saturated rings. The maximum atomic E-state index is 12.4. The molecule has 3 rings (SSSR count). The minimum Gasteiger partial charge on any atom is -0.458 e. The van der Waals surface area contributed by atoms with Crippen LogP contribution in [-0.4, -0.2) is 35.6 Å². The summed E-state index contributed by atoms with van der Waals surface area (Å²) in [6.45, 7) is 5.78. The zero-order valence-electron chi connectivity index (χ0n) is 14.4. The summed E-state index contributed by atoms with van der Waals surface area (Å²) >= 11 is 0. The van der Waals surface area contributed by atoms with E-state index in [1.807, 2.05) is 30.3 Å². The number of esters is 1. The van der Waals surface area contributed by atoms with Gasteiger partial charge in [-0.25, -0.2) is 4.79 Å². The van der Waals surface area contributed by atoms with Gasteiger partial charge in [-0.15, -0.1) is 0 Å². The van der Waals surface area contributed by atoms with Gasteiger partial charge < -0.3 is 4.74 Å². The fraction of sp³-hybridized carbons (Fsp3) is 0.650. The van der Waals surface area contributed by atoms with Crippen molar-refractivity contribution >= 4 is 5.97 Å². The first-order chi connectivity index (χ1) is 11.2. The smallest absolute Gasteiger partial charge is 0.338 e. The van der Waals surface area contributed by atoms with Crippen molar-refractivity contribution in [1.29, 1.82) is 0 Å². The Kier molecular flexibility index (Phi) is 5.37. The summed E-state index contributed by atoms with van der Waals surface area (Å²) in [6, 6.07) is 10.7. The van der Waals surface area contributed by atoms with Crippen molar-refractivity contribution in [3.63, 3.8) is 0 Å². The second-order valence-electron chi connectivity index (χ2n) is 7.14. The number of carbonyl (C=O) groups is 1. The molecule has 0 aromatic heterocycles. The Balaban J connectivity index is 1.70. The number of piperidine rings is 1. The highest BCUT2D eigenvalue weighted by Gasteiger charge is 2.42. The molecule has 2 unspecified atom stereocenters. The van der Waals surface area contributed by atoms with Gasteiger partial charge in [-0.1, -0.05) is 25.1 Å². The molecule has 2 aliphatic rings. The Bertz CT molecular complexity index is 516. The lowest BCUT2D eigenvalue weighted by Crippen LogP contribution is -2.55. The van der Waals surface area contributed by atoms with Gasteiger partial charge in [-0.05, 0) is 64.1 Å². The second kappa shape index (κ2) is 7.48. The Hall–Kier alpha value is -1.35. The lowest BCUT2D eigenvalue weighted by molar-refractivity contribution is -0.0598. The molecule has 0 amide bonds. The molecule has 3 nitrogen and oxygen atoms in total. The molecule has 1 aromatic rings. The number of ether oxygens (including phenoxy) is 1. The highest BCUT2D eigenvalue weighted by molar-refractivity contribution is 5.89. The highest BCUT2D eigenvalue weighted by Crippen LogP contribution is 2.39. The molecule has 0 spiro atoms. The number of likely N-dealkylation sites (tertiary alicyclic amines) is 1. The summed E-state index contributed by atoms with van der Waals surface area (Å²) in [6.07, 6.45) is 7.15. The molecule has 0 N–H and O–H groups in total. The van der Waals surface area contributed by atoms with Gasteiger partial charge in [0.05, 0.1) is 5.56 Å². The van der Waals surface area contributed by atoms with Crippen LogP contribution in [0, 0.1) is 5.92 Å². The van der Waals surface area contributed by atoms with Crippen LogP contribution < -0.4 is 0 Å². The topological polar surface area (TPSA) is 29.5 Å². The monoisotopic (exact) mass is 315 g/mol. The number of benzene rings is 1. The predicted octanol–water partition coefficient (Wildman–Crippen LogP) is 4.28. The van der Waals surface area contributed by atoms with E-state index in [1.165, 1.54) is 38.6 Å². The third kappa shape index (κ3) is 3.60. The summed E-state index contributed by atoms with van der Waals surface area (Å²) in [5, 5.41) is 0. The summed E-state index contributed by atoms with van der Waals surface area (Å²) in [4.78, 5) is 15.1. The number of fused-ring (bicyclic) bond motifs is 1. The number of hydrogen-bond donors (Lipinski definition) is 0. The summed E-state index contributed by atoms with van der Waals surface area (Å²) in [5.74, 6) is 0.357. The van der Waals surface area contributed by atoms with Crippen LogP contribution in [0.25, 0.3) is 0 Å². The SMILES string of the molecule is CCCN1C2CCCC(OC(=O)c3ccccc3)[C@H]2CC[C@H]1C. The fourth-order valence-corrected chi connectivity index (χ4v) is 4.49. The lowest BCUT2D eigenvalue weighted by atomic mass is 9.74. The first-order valence-corrected chi connectivity index (χ1v) is 9.22. The van der Waals surface area contributed by atoms with Crippen molar-refractivity contribution in [2.45, 2.75) is 70.6 Å². The van der Waals surface area contributed by atoms with Crippen LogP contribution in [0.5, 0.6) is 0 Å². The van der Waals surface area contributed by atoms with Crippen LogP contribution in [0.15, 0.2) is 30.3 Å². The molecular weight excluding hydrogens is 286 g/mol. The summed E-state index contributed by atoms with van der Waals surface area (Å²) in [5.41, 5.74) is 0.671. The number of rotatable bonds is 4. The van der Waals surface area contributed by atoms with Gasteiger partial charge in [0, 0.05) is 18.0 Å². The van der Waals surface area contributed by atoms with Gasteiger partial charge in [0.2, 0.25) is 0 Å². The molecular formula is C20H29NO2. The molecule has 126 valence electrons. The van der Waals surface area contributed by atoms with Gasteiger partial charge in [0.1, 0.15) is 6.10 Å². The van der Waals surface area contributed by atoms with Crippen LogP contribution in [-0.2, 0) is 4.74 Å². The molecule has 1 saturated heterocycles. The van der Waals surface area contributed by atoms with Gasteiger partial charge in [0.15, 0.2) is 0 Å². The number of nitrogens with zero attached hydrogens (tertiary/aromatic N) is 1. The Labute approximate surface area is 140 Å². The number of hydrogen-bond acceptors (Lipinski definition) is 3. The van der Waals surface area contributed by atoms with Crippen LogP contribution >= 0.6 is 0 Å². The van der Waals surface area contributed by atoms with Crippen LogP contribution in [0.4, 0.5) is 0 Å². The minimum atomic E-state index is -0.156. The molecule has 1 aliphatic heterocycles. The highest BCUT2D eigenvalue weighted by atomic mass is 16.5. The van der Waals surface area contributed by atoms with Gasteiger partial charge >= 0.3 is 5.97 Å². The maximum absolute atomic E-state index is 12.4. The quantitative estimate of drug-likeness (QED) is 0.777. The van der Waals surface area contributed by atoms with Gasteiger partial charge in [-0.2, -0.15) is 0 Å². The Morgan fingerprint density at radius 1 is 1.17 bits per heavy atom. The van der Waals surface area contributed by atoms with E-state index >= 15 is 0 Å². The third-order valence-corrected chi connectivity index (χ3v) is 5.62. The van der Waals surface area contributed by atoms with E-state index in [1.54, 1.807) is 0 Å². The average Bonchev–Trinajstić information content (AvgIpc) is 2.58. The third-order valence-electron chi connectivity index (χ3n) is 5.62. The van der Waals surface area contributed by atoms with Gasteiger partial charge in [-0.3, -0.25) is 4.90 Å². The Morgan fingerprint density at radius 3 is 2.70 bits per heavy atom. The molecule has 4 atom stereocenters. The van der Waals surface area contributed by atoms with E-state index in [4.69, 9.17) is 4.74 Å². The van der Waals surface area contributed by atoms with E-state index in [2.05, 4.69) is 18.7 Å². The normalized spacial score (nSPS) is 31.4. The summed E-state index contributed by atoms with van der Waals surface area (Å²) in [7, 11) is 0. The minimum absolute atomic E-state index is 0.0910. The molecule has 1 aliphatic carbocycles. The molecule has 3 heteroatoms. The predicted molar refractivity (Wildman–Crippen MR) is 92.5 cm³/mol. The van der Waals surface area contributed by atoms with Crippen molar-refractivity contribution in [2.24, 2.45) is 5.92 Å². The van der Waals surface area contributed by atoms with E-state index < -0.39 is 0 Å². The van der Waals surface area contributed by atoms with Crippen molar-refractivity contribution in [3.8, 4) is 0 Å². The van der Waals surface area contributed by atoms with Crippen LogP contribution in [0.3, 0.4) is 0 Å². The van der Waals surface area contributed by atoms with E-state index in [0.717, 1.165) is 6.42 Å². The van der Waals surface area contributed by atoms with Crippen LogP contribution in [0.1, 0.15) is 62.7 Å². The zero-order valence-corrected chi connectivity index (χ0v) is 14.4. The van der Waals surface area contributed by atoms with E-state index in [9.17, 15) is 4.79 Å². The fourth-order valence-electron chi connectivity index (χ4n) is 4.49. The molecule has 1 heterocycles. The van der Waals surface area contributed by atoms with Gasteiger partial charge in [0.25, 0.3) is 0 Å². The molecule has 23 heavy (non-hydrogen) atoms.